The first-order chi connectivity index (χ1) is 16.9. The van der Waals surface area contributed by atoms with Crippen LogP contribution in [0.1, 0.15) is 31.9 Å². The van der Waals surface area contributed by atoms with E-state index in [2.05, 4.69) is 0 Å². The highest BCUT2D eigenvalue weighted by Crippen LogP contribution is 2.35. The molecule has 11 heteroatoms. The van der Waals surface area contributed by atoms with Crippen molar-refractivity contribution in [1.29, 1.82) is 0 Å². The number of hydrogen-bond donors (Lipinski definition) is 0. The zero-order chi connectivity index (χ0) is 27.1. The molecule has 0 aliphatic heterocycles. The first-order valence-corrected chi connectivity index (χ1v) is 12.4. The molecule has 196 valence electrons. The topological polar surface area (TPSA) is 124 Å². The van der Waals surface area contributed by atoms with Crippen LogP contribution in [0, 0.1) is 0 Å². The fourth-order valence-electron chi connectivity index (χ4n) is 3.16. The van der Waals surface area contributed by atoms with E-state index in [-0.39, 0.29) is 11.5 Å². The van der Waals surface area contributed by atoms with Gasteiger partial charge in [0.05, 0.1) is 39.8 Å². The average molecular weight is 523 g/mol. The number of rotatable bonds is 11. The quantitative estimate of drug-likeness (QED) is 0.320. The number of hydrogen-bond acceptors (Lipinski definition) is 10. The van der Waals surface area contributed by atoms with Gasteiger partial charge in [-0.2, -0.15) is 0 Å². The lowest BCUT2D eigenvalue weighted by molar-refractivity contribution is -0.170. The van der Waals surface area contributed by atoms with E-state index in [4.69, 9.17) is 28.4 Å². The molecule has 0 amide bonds. The SMILES string of the molecule is COc1cc(OC)c(C=CS(=O)(=O)Cc2ccc(OC)c(OC(=O)C(C)(C)OC(C)=O)c2)c(OC)c1. The first-order valence-electron chi connectivity index (χ1n) is 10.7. The molecule has 0 atom stereocenters. The van der Waals surface area contributed by atoms with Crippen molar-refractivity contribution in [2.75, 3.05) is 28.4 Å². The van der Waals surface area contributed by atoms with Crippen LogP contribution in [-0.2, 0) is 29.9 Å². The summed E-state index contributed by atoms with van der Waals surface area (Å²) in [5.74, 6) is -0.495. The van der Waals surface area contributed by atoms with Gasteiger partial charge in [-0.1, -0.05) is 6.07 Å². The summed E-state index contributed by atoms with van der Waals surface area (Å²) in [5, 5.41) is 1.04. The average Bonchev–Trinajstić information content (AvgIpc) is 2.81. The van der Waals surface area contributed by atoms with Crippen LogP contribution in [0.4, 0.5) is 0 Å². The molecule has 0 N–H and O–H groups in total. The zero-order valence-electron chi connectivity index (χ0n) is 21.2. The summed E-state index contributed by atoms with van der Waals surface area (Å²) in [7, 11) is 1.98. The molecule has 0 unspecified atom stereocenters. The van der Waals surface area contributed by atoms with E-state index in [1.54, 1.807) is 12.1 Å². The molecule has 36 heavy (non-hydrogen) atoms. The Bertz CT molecular complexity index is 1220. The third-order valence-corrected chi connectivity index (χ3v) is 6.17. The van der Waals surface area contributed by atoms with E-state index >= 15 is 0 Å². The minimum absolute atomic E-state index is 0.0158. The number of carbonyl (C=O) groups is 2. The van der Waals surface area contributed by atoms with Gasteiger partial charge in [-0.15, -0.1) is 0 Å². The van der Waals surface area contributed by atoms with Crippen LogP contribution in [0.2, 0.25) is 0 Å². The molecule has 0 aliphatic rings. The smallest absolute Gasteiger partial charge is 0.355 e. The highest BCUT2D eigenvalue weighted by Gasteiger charge is 2.34. The van der Waals surface area contributed by atoms with Crippen molar-refractivity contribution >= 4 is 27.9 Å². The molecule has 0 fully saturated rings. The second kappa shape index (κ2) is 11.8. The summed E-state index contributed by atoms with van der Waals surface area (Å²) >= 11 is 0. The third-order valence-electron chi connectivity index (χ3n) is 4.88. The van der Waals surface area contributed by atoms with Crippen molar-refractivity contribution in [2.24, 2.45) is 0 Å². The predicted octanol–water partition coefficient (Wildman–Crippen LogP) is 3.55. The van der Waals surface area contributed by atoms with Gasteiger partial charge in [0.15, 0.2) is 21.3 Å². The molecule has 0 aliphatic carbocycles. The van der Waals surface area contributed by atoms with Gasteiger partial charge in [0.25, 0.3) is 0 Å². The maximum absolute atomic E-state index is 12.9. The second-order valence-corrected chi connectivity index (χ2v) is 9.92. The molecular weight excluding hydrogens is 492 g/mol. The minimum atomic E-state index is -3.78. The van der Waals surface area contributed by atoms with E-state index in [1.165, 1.54) is 73.5 Å². The van der Waals surface area contributed by atoms with Gasteiger partial charge in [0.1, 0.15) is 17.2 Å². The van der Waals surface area contributed by atoms with Crippen molar-refractivity contribution in [3.63, 3.8) is 0 Å². The predicted molar refractivity (Wildman–Crippen MR) is 132 cm³/mol. The highest BCUT2D eigenvalue weighted by atomic mass is 32.2. The molecule has 0 saturated carbocycles. The Morgan fingerprint density at radius 2 is 1.44 bits per heavy atom. The zero-order valence-corrected chi connectivity index (χ0v) is 22.1. The van der Waals surface area contributed by atoms with Gasteiger partial charge in [-0.25, -0.2) is 13.2 Å². The van der Waals surface area contributed by atoms with Crippen molar-refractivity contribution in [1.82, 2.24) is 0 Å². The van der Waals surface area contributed by atoms with E-state index in [9.17, 15) is 18.0 Å². The lowest BCUT2D eigenvalue weighted by Crippen LogP contribution is -2.40. The summed E-state index contributed by atoms with van der Waals surface area (Å²) < 4.78 is 57.2. The molecule has 0 saturated heterocycles. The van der Waals surface area contributed by atoms with Crippen molar-refractivity contribution in [3.8, 4) is 28.7 Å². The van der Waals surface area contributed by atoms with Crippen LogP contribution in [0.15, 0.2) is 35.7 Å². The summed E-state index contributed by atoms with van der Waals surface area (Å²) in [5.41, 5.74) is -0.804. The number of ether oxygens (including phenoxy) is 6. The van der Waals surface area contributed by atoms with Gasteiger partial charge >= 0.3 is 11.9 Å². The number of sulfone groups is 1. The fraction of sp³-hybridized carbons (Fsp3) is 0.360. The van der Waals surface area contributed by atoms with E-state index in [0.29, 0.717) is 28.4 Å². The number of benzene rings is 2. The van der Waals surface area contributed by atoms with Crippen LogP contribution in [0.3, 0.4) is 0 Å². The van der Waals surface area contributed by atoms with Crippen LogP contribution in [0.5, 0.6) is 28.7 Å². The molecule has 0 radical (unpaired) electrons. The molecular formula is C25H30O10S. The minimum Gasteiger partial charge on any atom is -0.496 e. The Morgan fingerprint density at radius 3 is 1.94 bits per heavy atom. The molecule has 0 bridgehead atoms. The number of carbonyl (C=O) groups excluding carboxylic acids is 2. The lowest BCUT2D eigenvalue weighted by atomic mass is 10.1. The van der Waals surface area contributed by atoms with Crippen LogP contribution in [0.25, 0.3) is 6.08 Å². The Balaban J connectivity index is 2.33. The van der Waals surface area contributed by atoms with Crippen molar-refractivity contribution in [2.45, 2.75) is 32.1 Å². The first kappa shape index (κ1) is 28.5. The second-order valence-electron chi connectivity index (χ2n) is 8.03. The normalized spacial score (nSPS) is 11.6. The van der Waals surface area contributed by atoms with Gasteiger partial charge in [-0.3, -0.25) is 4.79 Å². The summed E-state index contributed by atoms with van der Waals surface area (Å²) in [4.78, 5) is 23.8. The maximum atomic E-state index is 12.9. The van der Waals surface area contributed by atoms with E-state index < -0.39 is 33.1 Å². The molecule has 10 nitrogen and oxygen atoms in total. The molecule has 0 heterocycles. The Labute approximate surface area is 210 Å². The fourth-order valence-corrected chi connectivity index (χ4v) is 4.25. The number of methoxy groups -OCH3 is 4. The van der Waals surface area contributed by atoms with Crippen LogP contribution >= 0.6 is 0 Å². The Kier molecular flexibility index (Phi) is 9.35. The van der Waals surface area contributed by atoms with Gasteiger partial charge in [0, 0.05) is 24.5 Å². The lowest BCUT2D eigenvalue weighted by Gasteiger charge is -2.22. The molecule has 2 aromatic rings. The van der Waals surface area contributed by atoms with E-state index in [0.717, 1.165) is 5.41 Å². The van der Waals surface area contributed by atoms with Crippen molar-refractivity contribution in [3.05, 3.63) is 46.9 Å². The van der Waals surface area contributed by atoms with Crippen LogP contribution in [-0.4, -0.2) is 54.4 Å². The molecule has 0 aromatic heterocycles. The van der Waals surface area contributed by atoms with Gasteiger partial charge < -0.3 is 28.4 Å². The molecule has 2 rings (SSSR count). The highest BCUT2D eigenvalue weighted by molar-refractivity contribution is 7.93. The van der Waals surface area contributed by atoms with Crippen LogP contribution < -0.4 is 23.7 Å². The molecule has 0 spiro atoms. The number of esters is 2. The third kappa shape index (κ3) is 7.38. The summed E-state index contributed by atoms with van der Waals surface area (Å²) in [6, 6.07) is 7.60. The summed E-state index contributed by atoms with van der Waals surface area (Å²) in [6.45, 7) is 3.93. The van der Waals surface area contributed by atoms with Gasteiger partial charge in [-0.05, 0) is 37.6 Å². The van der Waals surface area contributed by atoms with Gasteiger partial charge in [0.2, 0.25) is 5.60 Å². The standard InChI is InChI=1S/C25H30O10S/c1-16(26)35-25(2,3)24(27)34-23-12-17(8-9-20(23)31-5)15-36(28,29)11-10-19-21(32-6)13-18(30-4)14-22(19)33-7/h8-14H,15H2,1-7H3. The Morgan fingerprint density at radius 1 is 0.861 bits per heavy atom. The maximum Gasteiger partial charge on any atom is 0.355 e. The molecule has 2 aromatic carbocycles. The van der Waals surface area contributed by atoms with Crippen molar-refractivity contribution < 1.29 is 46.4 Å². The Hall–Kier alpha value is -3.73. The largest absolute Gasteiger partial charge is 0.496 e. The summed E-state index contributed by atoms with van der Waals surface area (Å²) in [6.07, 6.45) is 1.37. The monoisotopic (exact) mass is 522 g/mol. The van der Waals surface area contributed by atoms with E-state index in [1.807, 2.05) is 0 Å².